The van der Waals surface area contributed by atoms with Crippen LogP contribution in [0.2, 0.25) is 10.0 Å². The van der Waals surface area contributed by atoms with Crippen molar-refractivity contribution in [3.05, 3.63) is 162 Å². The van der Waals surface area contributed by atoms with Crippen molar-refractivity contribution in [2.75, 3.05) is 28.4 Å². The van der Waals surface area contributed by atoms with Crippen LogP contribution in [-0.2, 0) is 12.8 Å². The first-order valence-corrected chi connectivity index (χ1v) is 20.1. The molecule has 0 unspecified atom stereocenters. The molecule has 0 amide bonds. The number of methoxy groups -OCH3 is 4. The van der Waals surface area contributed by atoms with E-state index in [1.807, 2.05) is 50.2 Å². The number of aryl methyl sites for hydroxylation is 2. The number of fused-ring (bicyclic) bond motifs is 2. The molecule has 16 nitrogen and oxygen atoms in total. The Morgan fingerprint density at radius 1 is 0.547 bits per heavy atom. The fraction of sp³-hybridized carbons (Fsp3) is 0.174. The lowest BCUT2D eigenvalue weighted by molar-refractivity contribution is -0.385. The Bertz CT molecular complexity index is 3050. The molecule has 0 N–H and O–H groups in total. The maximum atomic E-state index is 11.4. The van der Waals surface area contributed by atoms with Crippen LogP contribution in [0.1, 0.15) is 33.9 Å². The lowest BCUT2D eigenvalue weighted by Gasteiger charge is -2.15. The summed E-state index contributed by atoms with van der Waals surface area (Å²) in [5.74, 6) is 3.10. The third-order valence-corrected chi connectivity index (χ3v) is 11.1. The van der Waals surface area contributed by atoms with Gasteiger partial charge in [0.1, 0.15) is 34.6 Å². The summed E-state index contributed by atoms with van der Waals surface area (Å²) < 4.78 is 21.4. The van der Waals surface area contributed by atoms with Crippen LogP contribution >= 0.6 is 23.2 Å². The monoisotopic (exact) mass is 900 g/mol. The van der Waals surface area contributed by atoms with Gasteiger partial charge in [0.15, 0.2) is 11.3 Å². The van der Waals surface area contributed by atoms with Crippen molar-refractivity contribution in [1.82, 2.24) is 29.9 Å². The zero-order chi connectivity index (χ0) is 45.7. The highest BCUT2D eigenvalue weighted by atomic mass is 35.5. The fourth-order valence-electron chi connectivity index (χ4n) is 6.99. The summed E-state index contributed by atoms with van der Waals surface area (Å²) in [6.45, 7) is 3.67. The van der Waals surface area contributed by atoms with E-state index in [0.717, 1.165) is 27.6 Å². The minimum atomic E-state index is -0.399. The van der Waals surface area contributed by atoms with Gasteiger partial charge < -0.3 is 18.9 Å². The number of aromatic nitrogens is 6. The van der Waals surface area contributed by atoms with Crippen molar-refractivity contribution in [3.8, 4) is 45.3 Å². The summed E-state index contributed by atoms with van der Waals surface area (Å²) in [4.78, 5) is 48.8. The first-order valence-electron chi connectivity index (χ1n) is 19.3. The average Bonchev–Trinajstić information content (AvgIpc) is 3.30. The van der Waals surface area contributed by atoms with Gasteiger partial charge in [0, 0.05) is 100 Å². The normalized spacial score (nSPS) is 10.9. The van der Waals surface area contributed by atoms with Crippen LogP contribution in [0, 0.1) is 34.1 Å². The number of ether oxygens (including phenoxy) is 4. The van der Waals surface area contributed by atoms with Gasteiger partial charge in [-0.15, -0.1) is 0 Å². The molecule has 8 aromatic rings. The lowest BCUT2D eigenvalue weighted by Crippen LogP contribution is -2.03. The summed E-state index contributed by atoms with van der Waals surface area (Å²) in [6.07, 6.45) is 7.11. The highest BCUT2D eigenvalue weighted by molar-refractivity contribution is 6.41. The van der Waals surface area contributed by atoms with E-state index in [1.165, 1.54) is 26.4 Å². The fourth-order valence-corrected chi connectivity index (χ4v) is 7.71. The summed E-state index contributed by atoms with van der Waals surface area (Å²) in [6, 6.07) is 20.9. The zero-order valence-corrected chi connectivity index (χ0v) is 36.8. The predicted molar refractivity (Wildman–Crippen MR) is 243 cm³/mol. The molecule has 0 aliphatic rings. The Kier molecular flexibility index (Phi) is 13.4. The summed E-state index contributed by atoms with van der Waals surface area (Å²) >= 11 is 13.0. The molecular formula is C46H38Cl2N8O8. The molecule has 4 aromatic carbocycles. The van der Waals surface area contributed by atoms with Gasteiger partial charge in [0.25, 0.3) is 11.4 Å². The van der Waals surface area contributed by atoms with Crippen molar-refractivity contribution >= 4 is 56.6 Å². The largest absolute Gasteiger partial charge is 0.497 e. The Hall–Kier alpha value is -7.56. The number of halogens is 2. The molecule has 0 saturated heterocycles. The number of hydrogen-bond acceptors (Lipinski definition) is 14. The van der Waals surface area contributed by atoms with Crippen LogP contribution in [0.5, 0.6) is 23.0 Å². The molecule has 0 radical (unpaired) electrons. The van der Waals surface area contributed by atoms with E-state index in [0.29, 0.717) is 83.6 Å². The lowest BCUT2D eigenvalue weighted by atomic mass is 10.0. The van der Waals surface area contributed by atoms with E-state index in [1.54, 1.807) is 63.3 Å². The molecule has 0 bridgehead atoms. The van der Waals surface area contributed by atoms with Gasteiger partial charge in [-0.2, -0.15) is 0 Å². The highest BCUT2D eigenvalue weighted by Crippen LogP contribution is 2.46. The zero-order valence-electron chi connectivity index (χ0n) is 35.3. The minimum Gasteiger partial charge on any atom is -0.497 e. The number of benzene rings is 4. The van der Waals surface area contributed by atoms with Gasteiger partial charge in [0.05, 0.1) is 48.3 Å². The highest BCUT2D eigenvalue weighted by Gasteiger charge is 2.22. The van der Waals surface area contributed by atoms with Gasteiger partial charge in [-0.3, -0.25) is 20.2 Å². The topological polar surface area (TPSA) is 201 Å². The van der Waals surface area contributed by atoms with Gasteiger partial charge in [-0.05, 0) is 54.8 Å². The molecule has 4 aromatic heterocycles. The number of hydrogen-bond donors (Lipinski definition) is 0. The standard InChI is InChI=1S/C23H18Cl2N4O4.C23H20N4O4/c1-12-5-4-6-16(29(30)31)15(12)8-19-26-11-14-7-13(10-27-23(14)28-19)20-21(24)17(32-2)9-18(33-3)22(20)25;1-14-5-4-6-21(27(28)29)20(14)11-22-24-13-17-7-16(12-25-23(17)26-22)15-8-18(30-2)10-19(9-15)31-3/h4-7,9-11H,8H2,1-3H3;4-10,12-13H,11H2,1-3H3. The molecule has 0 atom stereocenters. The third-order valence-electron chi connectivity index (χ3n) is 10.3. The van der Waals surface area contributed by atoms with E-state index >= 15 is 0 Å². The molecule has 8 rings (SSSR count). The van der Waals surface area contributed by atoms with Crippen LogP contribution in [0.25, 0.3) is 44.3 Å². The minimum absolute atomic E-state index is 0.0401. The van der Waals surface area contributed by atoms with E-state index in [9.17, 15) is 20.2 Å². The van der Waals surface area contributed by atoms with E-state index in [2.05, 4.69) is 29.9 Å². The Morgan fingerprint density at radius 3 is 1.44 bits per heavy atom. The average molecular weight is 902 g/mol. The number of rotatable bonds is 12. The smallest absolute Gasteiger partial charge is 0.273 e. The van der Waals surface area contributed by atoms with Crippen molar-refractivity contribution < 1.29 is 28.8 Å². The number of pyridine rings is 2. The summed E-state index contributed by atoms with van der Waals surface area (Å²) in [5, 5.41) is 24.9. The molecule has 64 heavy (non-hydrogen) atoms. The van der Waals surface area contributed by atoms with Crippen LogP contribution in [0.15, 0.2) is 97.6 Å². The van der Waals surface area contributed by atoms with Crippen LogP contribution in [-0.4, -0.2) is 68.2 Å². The maximum Gasteiger partial charge on any atom is 0.273 e. The van der Waals surface area contributed by atoms with Gasteiger partial charge in [-0.25, -0.2) is 29.9 Å². The first kappa shape index (κ1) is 44.5. The number of nitro benzene ring substituents is 2. The SMILES string of the molecule is COc1cc(OC)c(Cl)c(-c2cnc3nc(Cc4c(C)cccc4[N+](=O)[O-])ncc3c2)c1Cl.COc1cc(OC)cc(-c2cnc3nc(Cc4c(C)cccc4[N+](=O)[O-])ncc3c2)c1. The molecule has 0 aliphatic carbocycles. The Balaban J connectivity index is 0.000000192. The maximum absolute atomic E-state index is 11.4. The number of nitro groups is 2. The summed E-state index contributed by atoms with van der Waals surface area (Å²) in [5.41, 5.74) is 6.80. The summed E-state index contributed by atoms with van der Waals surface area (Å²) in [7, 11) is 6.22. The molecule has 324 valence electrons. The molecule has 4 heterocycles. The van der Waals surface area contributed by atoms with Crippen LogP contribution < -0.4 is 18.9 Å². The molecule has 0 saturated carbocycles. The second-order valence-electron chi connectivity index (χ2n) is 14.2. The quantitative estimate of drug-likeness (QED) is 0.0828. The molecule has 0 fully saturated rings. The number of nitrogens with zero attached hydrogens (tertiary/aromatic N) is 8. The first-order chi connectivity index (χ1) is 30.8. The Morgan fingerprint density at radius 2 is 1.00 bits per heavy atom. The van der Waals surface area contributed by atoms with Gasteiger partial charge >= 0.3 is 0 Å². The van der Waals surface area contributed by atoms with Crippen molar-refractivity contribution in [1.29, 1.82) is 0 Å². The van der Waals surface area contributed by atoms with Crippen molar-refractivity contribution in [2.24, 2.45) is 0 Å². The second-order valence-corrected chi connectivity index (χ2v) is 15.0. The van der Waals surface area contributed by atoms with Crippen molar-refractivity contribution in [3.63, 3.8) is 0 Å². The predicted octanol–water partition coefficient (Wildman–Crippen LogP) is 10.3. The van der Waals surface area contributed by atoms with Crippen LogP contribution in [0.4, 0.5) is 11.4 Å². The molecular weight excluding hydrogens is 863 g/mol. The van der Waals surface area contributed by atoms with E-state index < -0.39 is 4.92 Å². The molecule has 0 aliphatic heterocycles. The van der Waals surface area contributed by atoms with E-state index in [4.69, 9.17) is 42.1 Å². The Labute approximate surface area is 376 Å². The van der Waals surface area contributed by atoms with Gasteiger partial charge in [-0.1, -0.05) is 47.5 Å². The molecule has 0 spiro atoms. The van der Waals surface area contributed by atoms with Gasteiger partial charge in [0.2, 0.25) is 0 Å². The third kappa shape index (κ3) is 9.42. The molecule has 18 heteroatoms. The van der Waals surface area contributed by atoms with E-state index in [-0.39, 0.29) is 29.1 Å². The second kappa shape index (κ2) is 19.2. The van der Waals surface area contributed by atoms with Crippen molar-refractivity contribution in [2.45, 2.75) is 26.7 Å². The van der Waals surface area contributed by atoms with Crippen LogP contribution in [0.3, 0.4) is 0 Å².